The molecule has 0 fully saturated rings. The van der Waals surface area contributed by atoms with E-state index in [0.29, 0.717) is 0 Å². The lowest BCUT2D eigenvalue weighted by Crippen LogP contribution is -2.17. The number of hydrogen-bond donors (Lipinski definition) is 0. The molecule has 0 amide bonds. The summed E-state index contributed by atoms with van der Waals surface area (Å²) in [5.74, 6) is 0. The van der Waals surface area contributed by atoms with E-state index in [9.17, 15) is 0 Å². The van der Waals surface area contributed by atoms with Crippen LogP contribution in [0.2, 0.25) is 0 Å². The zero-order chi connectivity index (χ0) is 71.9. The molecule has 0 unspecified atom stereocenters. The third-order valence-corrected chi connectivity index (χ3v) is 24.3. The number of thiophene rings is 1. The lowest BCUT2D eigenvalue weighted by Gasteiger charge is -2.28. The molecular formula is C102H72N4OS. The molecule has 6 heteroatoms. The van der Waals surface area contributed by atoms with Gasteiger partial charge in [0.2, 0.25) is 0 Å². The van der Waals surface area contributed by atoms with Crippen LogP contribution in [0.25, 0.3) is 142 Å². The average molecular weight is 1400 g/mol. The predicted molar refractivity (Wildman–Crippen MR) is 457 cm³/mol. The molecule has 0 atom stereocenters. The Morgan fingerprint density at radius 2 is 0.565 bits per heavy atom. The van der Waals surface area contributed by atoms with E-state index < -0.39 is 0 Å². The molecule has 4 heterocycles. The number of nitrogens with zero attached hydrogens (tertiary/aromatic N) is 4. The van der Waals surface area contributed by atoms with Gasteiger partial charge in [0, 0.05) is 109 Å². The van der Waals surface area contributed by atoms with Gasteiger partial charge in [0.1, 0.15) is 11.2 Å². The Kier molecular flexibility index (Phi) is 14.5. The first-order valence-corrected chi connectivity index (χ1v) is 38.2. The number of para-hydroxylation sites is 5. The number of fused-ring (bicyclic) bond motifs is 18. The molecule has 0 N–H and O–H groups in total. The molecule has 16 aromatic carbocycles. The zero-order valence-electron chi connectivity index (χ0n) is 60.2. The fourth-order valence-electron chi connectivity index (χ4n) is 17.9. The number of furan rings is 1. The standard InChI is InChI=1S/C51H36N2O.C51H36N2S/c2*1-51(2)45-31-37(24-27-39(45)40-28-25-38(32-46(40)51)53-47-17-9-6-14-41(47)42-15-7-10-18-48(42)53)52(35-22-20-34(21-23-35)33-12-4-3-5-13-33)36-26-29-50-44(30-36)43-16-8-11-19-49(43)54-50/h2*3-32H,1-2H3. The van der Waals surface area contributed by atoms with Crippen LogP contribution < -0.4 is 9.80 Å². The van der Waals surface area contributed by atoms with Gasteiger partial charge in [0.05, 0.1) is 22.1 Å². The van der Waals surface area contributed by atoms with Crippen LogP contribution in [-0.2, 0) is 10.8 Å². The molecule has 20 aromatic rings. The van der Waals surface area contributed by atoms with Gasteiger partial charge >= 0.3 is 0 Å². The van der Waals surface area contributed by atoms with Gasteiger partial charge in [-0.25, -0.2) is 0 Å². The first-order valence-electron chi connectivity index (χ1n) is 37.4. The quantitative estimate of drug-likeness (QED) is 0.137. The van der Waals surface area contributed by atoms with Crippen molar-refractivity contribution < 1.29 is 4.42 Å². The number of benzene rings is 16. The second kappa shape index (κ2) is 24.7. The molecule has 0 spiro atoms. The van der Waals surface area contributed by atoms with Crippen LogP contribution in [0, 0.1) is 0 Å². The number of hydrogen-bond acceptors (Lipinski definition) is 4. The molecule has 22 rings (SSSR count). The van der Waals surface area contributed by atoms with E-state index in [2.05, 4.69) is 398 Å². The molecule has 0 bridgehead atoms. The Balaban J connectivity index is 0.000000138. The van der Waals surface area contributed by atoms with Gasteiger partial charge in [-0.1, -0.05) is 246 Å². The molecule has 2 aliphatic rings. The fourth-order valence-corrected chi connectivity index (χ4v) is 18.9. The first kappa shape index (κ1) is 63.2. The Labute approximate surface area is 630 Å². The first-order chi connectivity index (χ1) is 53.1. The Morgan fingerprint density at radius 3 is 1.04 bits per heavy atom. The highest BCUT2D eigenvalue weighted by Gasteiger charge is 2.39. The van der Waals surface area contributed by atoms with Gasteiger partial charge in [-0.3, -0.25) is 0 Å². The maximum absolute atomic E-state index is 6.25. The van der Waals surface area contributed by atoms with Crippen LogP contribution in [0.5, 0.6) is 0 Å². The highest BCUT2D eigenvalue weighted by Crippen LogP contribution is 2.55. The molecule has 0 saturated heterocycles. The van der Waals surface area contributed by atoms with Crippen molar-refractivity contribution in [2.24, 2.45) is 0 Å². The molecule has 2 aliphatic carbocycles. The SMILES string of the molecule is CC1(C)c2cc(N(c3ccc(-c4ccccc4)cc3)c3ccc4oc5ccccc5c4c3)ccc2-c2ccc(-n3c4ccccc4c4ccccc43)cc21.CC1(C)c2cc(N(c3ccc(-c4ccccc4)cc3)c3ccc4sc5ccccc5c4c3)ccc2-c2ccc(-n3c4ccccc4c4ccccc43)cc21. The summed E-state index contributed by atoms with van der Waals surface area (Å²) in [6, 6.07) is 133. The van der Waals surface area contributed by atoms with Crippen LogP contribution in [0.3, 0.4) is 0 Å². The number of aromatic nitrogens is 2. The molecule has 0 radical (unpaired) electrons. The molecular weight excluding hydrogens is 1330 g/mol. The lowest BCUT2D eigenvalue weighted by molar-refractivity contribution is 0.660. The minimum atomic E-state index is -0.219. The third kappa shape index (κ3) is 10.0. The van der Waals surface area contributed by atoms with E-state index in [1.807, 2.05) is 23.5 Å². The highest BCUT2D eigenvalue weighted by molar-refractivity contribution is 7.25. The topological polar surface area (TPSA) is 29.5 Å². The van der Waals surface area contributed by atoms with Crippen LogP contribution in [-0.4, -0.2) is 9.13 Å². The molecule has 512 valence electrons. The number of rotatable bonds is 10. The summed E-state index contributed by atoms with van der Waals surface area (Å²) >= 11 is 1.86. The normalized spacial score (nSPS) is 13.1. The van der Waals surface area contributed by atoms with Crippen molar-refractivity contribution in [3.8, 4) is 55.9 Å². The van der Waals surface area contributed by atoms with E-state index in [1.165, 1.54) is 142 Å². The summed E-state index contributed by atoms with van der Waals surface area (Å²) in [6.45, 7) is 9.53. The van der Waals surface area contributed by atoms with Crippen molar-refractivity contribution in [3.63, 3.8) is 0 Å². The summed E-state index contributed by atoms with van der Waals surface area (Å²) in [6.07, 6.45) is 0. The van der Waals surface area contributed by atoms with Gasteiger partial charge in [-0.2, -0.15) is 0 Å². The van der Waals surface area contributed by atoms with E-state index >= 15 is 0 Å². The van der Waals surface area contributed by atoms with E-state index in [-0.39, 0.29) is 10.8 Å². The molecule has 5 nitrogen and oxygen atoms in total. The largest absolute Gasteiger partial charge is 0.456 e. The summed E-state index contributed by atoms with van der Waals surface area (Å²) in [5.41, 5.74) is 30.9. The summed E-state index contributed by atoms with van der Waals surface area (Å²) < 4.78 is 13.7. The van der Waals surface area contributed by atoms with Crippen molar-refractivity contribution in [2.45, 2.75) is 38.5 Å². The number of anilines is 6. The lowest BCUT2D eigenvalue weighted by atomic mass is 9.82. The minimum Gasteiger partial charge on any atom is -0.456 e. The molecule has 0 aliphatic heterocycles. The zero-order valence-corrected chi connectivity index (χ0v) is 61.1. The average Bonchev–Trinajstić information content (AvgIpc) is 1.56. The van der Waals surface area contributed by atoms with Crippen molar-refractivity contribution in [2.75, 3.05) is 9.80 Å². The van der Waals surface area contributed by atoms with Gasteiger partial charge in [-0.05, 0) is 212 Å². The molecule has 0 saturated carbocycles. The van der Waals surface area contributed by atoms with Crippen molar-refractivity contribution in [3.05, 3.63) is 386 Å². The van der Waals surface area contributed by atoms with Crippen molar-refractivity contribution >= 4 is 131 Å². The van der Waals surface area contributed by atoms with E-state index in [0.717, 1.165) is 56.1 Å². The maximum atomic E-state index is 6.25. The van der Waals surface area contributed by atoms with E-state index in [4.69, 9.17) is 4.42 Å². The highest BCUT2D eigenvalue weighted by atomic mass is 32.1. The second-order valence-electron chi connectivity index (χ2n) is 30.0. The Hall–Kier alpha value is -13.3. The van der Waals surface area contributed by atoms with E-state index in [1.54, 1.807) is 0 Å². The van der Waals surface area contributed by atoms with Crippen molar-refractivity contribution in [1.82, 2.24) is 9.13 Å². The smallest absolute Gasteiger partial charge is 0.135 e. The summed E-state index contributed by atoms with van der Waals surface area (Å²) in [4.78, 5) is 4.82. The minimum absolute atomic E-state index is 0.203. The third-order valence-electron chi connectivity index (χ3n) is 23.2. The summed E-state index contributed by atoms with van der Waals surface area (Å²) in [5, 5.41) is 9.96. The Morgan fingerprint density at radius 1 is 0.241 bits per heavy atom. The summed E-state index contributed by atoms with van der Waals surface area (Å²) in [7, 11) is 0. The fraction of sp³-hybridized carbons (Fsp3) is 0.0588. The van der Waals surface area contributed by atoms with Crippen LogP contribution >= 0.6 is 11.3 Å². The predicted octanol–water partition coefficient (Wildman–Crippen LogP) is 28.7. The van der Waals surface area contributed by atoms with Crippen LogP contribution in [0.15, 0.2) is 368 Å². The molecule has 4 aromatic heterocycles. The second-order valence-corrected chi connectivity index (χ2v) is 31.0. The van der Waals surface area contributed by atoms with Gasteiger partial charge in [0.15, 0.2) is 0 Å². The van der Waals surface area contributed by atoms with Crippen LogP contribution in [0.4, 0.5) is 34.1 Å². The monoisotopic (exact) mass is 1400 g/mol. The Bertz CT molecular complexity index is 6460. The van der Waals surface area contributed by atoms with Gasteiger partial charge in [0.25, 0.3) is 0 Å². The van der Waals surface area contributed by atoms with Gasteiger partial charge in [-0.15, -0.1) is 11.3 Å². The van der Waals surface area contributed by atoms with Gasteiger partial charge < -0.3 is 23.4 Å². The maximum Gasteiger partial charge on any atom is 0.135 e. The molecule has 108 heavy (non-hydrogen) atoms. The van der Waals surface area contributed by atoms with Crippen molar-refractivity contribution in [1.29, 1.82) is 0 Å². The van der Waals surface area contributed by atoms with Crippen LogP contribution in [0.1, 0.15) is 49.9 Å².